The van der Waals surface area contributed by atoms with Gasteiger partial charge in [-0.2, -0.15) is 0 Å². The van der Waals surface area contributed by atoms with Crippen molar-refractivity contribution in [3.63, 3.8) is 0 Å². The molecule has 2 aromatic carbocycles. The van der Waals surface area contributed by atoms with E-state index >= 15 is 0 Å². The van der Waals surface area contributed by atoms with Gasteiger partial charge in [0.15, 0.2) is 6.10 Å². The van der Waals surface area contributed by atoms with Gasteiger partial charge in [0.2, 0.25) is 0 Å². The van der Waals surface area contributed by atoms with Crippen LogP contribution >= 0.6 is 0 Å². The molecule has 0 aliphatic heterocycles. The molecule has 0 saturated carbocycles. The Morgan fingerprint density at radius 3 is 2.43 bits per heavy atom. The maximum absolute atomic E-state index is 11.8. The molecule has 5 nitrogen and oxygen atoms in total. The minimum absolute atomic E-state index is 0.166. The number of hydrogen-bond acceptors (Lipinski definition) is 5. The first-order chi connectivity index (χ1) is 14.4. The van der Waals surface area contributed by atoms with Gasteiger partial charge in [0.1, 0.15) is 5.75 Å². The van der Waals surface area contributed by atoms with Crippen LogP contribution in [0.5, 0.6) is 5.75 Å². The van der Waals surface area contributed by atoms with Gasteiger partial charge in [-0.1, -0.05) is 61.4 Å². The highest BCUT2D eigenvalue weighted by atomic mass is 16.5. The molecule has 0 aliphatic rings. The summed E-state index contributed by atoms with van der Waals surface area (Å²) in [6, 6.07) is 11.3. The Labute approximate surface area is 178 Å². The van der Waals surface area contributed by atoms with Crippen molar-refractivity contribution in [2.45, 2.75) is 51.7 Å². The summed E-state index contributed by atoms with van der Waals surface area (Å²) < 4.78 is 4.85. The molecule has 0 bridgehead atoms. The minimum Gasteiger partial charge on any atom is -0.507 e. The van der Waals surface area contributed by atoms with Gasteiger partial charge in [0, 0.05) is 11.3 Å². The molecule has 3 atom stereocenters. The van der Waals surface area contributed by atoms with Crippen LogP contribution in [0.3, 0.4) is 0 Å². The molecule has 0 fully saturated rings. The lowest BCUT2D eigenvalue weighted by molar-refractivity contribution is -0.157. The van der Waals surface area contributed by atoms with Gasteiger partial charge in [0.25, 0.3) is 0 Å². The monoisotopic (exact) mass is 412 g/mol. The Morgan fingerprint density at radius 1 is 1.10 bits per heavy atom. The van der Waals surface area contributed by atoms with Crippen LogP contribution in [0.2, 0.25) is 0 Å². The molecule has 162 valence electrons. The Hall–Kier alpha value is -2.63. The van der Waals surface area contributed by atoms with Crippen LogP contribution < -0.4 is 0 Å². The molecule has 0 aliphatic carbocycles. The second kappa shape index (κ2) is 11.5. The molecule has 0 aromatic heterocycles. The fourth-order valence-corrected chi connectivity index (χ4v) is 3.65. The molecule has 0 radical (unpaired) electrons. The van der Waals surface area contributed by atoms with Gasteiger partial charge in [-0.25, -0.2) is 4.79 Å². The predicted octanol–water partition coefficient (Wildman–Crippen LogP) is 4.60. The normalized spacial score (nSPS) is 14.9. The van der Waals surface area contributed by atoms with Crippen LogP contribution in [0.15, 0.2) is 54.6 Å². The number of fused-ring (bicyclic) bond motifs is 1. The van der Waals surface area contributed by atoms with E-state index in [2.05, 4.69) is 19.6 Å². The fourth-order valence-electron chi connectivity index (χ4n) is 3.65. The number of carbonyl (C=O) groups is 1. The summed E-state index contributed by atoms with van der Waals surface area (Å²) in [5, 5.41) is 32.6. The van der Waals surface area contributed by atoms with E-state index in [1.165, 1.54) is 6.08 Å². The average molecular weight is 413 g/mol. The maximum atomic E-state index is 11.8. The van der Waals surface area contributed by atoms with Crippen molar-refractivity contribution in [2.75, 3.05) is 6.61 Å². The van der Waals surface area contributed by atoms with Crippen LogP contribution in [0.4, 0.5) is 0 Å². The smallest absolute Gasteiger partial charge is 0.335 e. The third-order valence-electron chi connectivity index (χ3n) is 5.24. The van der Waals surface area contributed by atoms with Gasteiger partial charge < -0.3 is 20.1 Å². The van der Waals surface area contributed by atoms with Crippen LogP contribution in [-0.2, 0) is 9.53 Å². The molecule has 0 unspecified atom stereocenters. The first-order valence-corrected chi connectivity index (χ1v) is 10.5. The van der Waals surface area contributed by atoms with Crippen molar-refractivity contribution in [1.29, 1.82) is 0 Å². The highest BCUT2D eigenvalue weighted by Gasteiger charge is 2.30. The zero-order valence-corrected chi connectivity index (χ0v) is 17.8. The van der Waals surface area contributed by atoms with Crippen molar-refractivity contribution >= 4 is 22.8 Å². The molecule has 0 spiro atoms. The molecule has 5 heteroatoms. The number of phenolic OH excluding ortho intramolecular Hbond substituents is 1. The number of hydrogen-bond donors (Lipinski definition) is 3. The Morgan fingerprint density at radius 2 is 1.80 bits per heavy atom. The van der Waals surface area contributed by atoms with Gasteiger partial charge in [-0.05, 0) is 43.2 Å². The molecule has 30 heavy (non-hydrogen) atoms. The molecule has 0 saturated heterocycles. The van der Waals surface area contributed by atoms with E-state index in [1.807, 2.05) is 30.3 Å². The van der Waals surface area contributed by atoms with Gasteiger partial charge in [-0.15, -0.1) is 6.58 Å². The van der Waals surface area contributed by atoms with E-state index in [0.717, 1.165) is 34.8 Å². The summed E-state index contributed by atoms with van der Waals surface area (Å²) in [5.74, 6) is -1.29. The second-order valence-corrected chi connectivity index (χ2v) is 7.39. The number of aliphatic hydroxyl groups is 2. The lowest BCUT2D eigenvalue weighted by Gasteiger charge is -2.24. The standard InChI is InChI=1S/C25H32O5/c1-4-9-17(12-14-22(26)19(5-2)24(28)25(29)30-6-3)16-18-13-15-23(27)21-11-8-7-10-20(18)21/h5,7-8,10-11,13,15-16,19,22,24,26-28H,2,4,6,9,12,14H2,1,3H3/b17-16+/t19-,22-,24+/m1/s1. The molecular formula is C25H32O5. The zero-order chi connectivity index (χ0) is 22.1. The summed E-state index contributed by atoms with van der Waals surface area (Å²) in [4.78, 5) is 11.8. The average Bonchev–Trinajstić information content (AvgIpc) is 2.74. The zero-order valence-electron chi connectivity index (χ0n) is 17.8. The largest absolute Gasteiger partial charge is 0.507 e. The number of phenols is 1. The quantitative estimate of drug-likeness (QED) is 0.371. The van der Waals surface area contributed by atoms with Crippen LogP contribution in [-0.4, -0.2) is 40.1 Å². The van der Waals surface area contributed by atoms with Crippen molar-refractivity contribution in [3.8, 4) is 5.75 Å². The van der Waals surface area contributed by atoms with Gasteiger partial charge >= 0.3 is 5.97 Å². The van der Waals surface area contributed by atoms with Crippen molar-refractivity contribution < 1.29 is 24.9 Å². The summed E-state index contributed by atoms with van der Waals surface area (Å²) in [7, 11) is 0. The fraction of sp³-hybridized carbons (Fsp3) is 0.400. The van der Waals surface area contributed by atoms with Crippen LogP contribution in [0.25, 0.3) is 16.8 Å². The Kier molecular flexibility index (Phi) is 9.09. The lowest BCUT2D eigenvalue weighted by atomic mass is 9.90. The third-order valence-corrected chi connectivity index (χ3v) is 5.24. The van der Waals surface area contributed by atoms with E-state index in [-0.39, 0.29) is 12.4 Å². The highest BCUT2D eigenvalue weighted by molar-refractivity contribution is 5.94. The molecule has 2 rings (SSSR count). The number of aromatic hydroxyl groups is 1. The predicted molar refractivity (Wildman–Crippen MR) is 120 cm³/mol. The number of allylic oxidation sites excluding steroid dienone is 1. The molecule has 3 N–H and O–H groups in total. The first-order valence-electron chi connectivity index (χ1n) is 10.5. The number of carbonyl (C=O) groups excluding carboxylic acids is 1. The number of rotatable bonds is 11. The van der Waals surface area contributed by atoms with Crippen molar-refractivity contribution in [2.24, 2.45) is 5.92 Å². The van der Waals surface area contributed by atoms with E-state index < -0.39 is 24.1 Å². The van der Waals surface area contributed by atoms with E-state index in [9.17, 15) is 20.1 Å². The summed E-state index contributed by atoms with van der Waals surface area (Å²) >= 11 is 0. The minimum atomic E-state index is -1.43. The van der Waals surface area contributed by atoms with Gasteiger partial charge in [0.05, 0.1) is 12.7 Å². The summed E-state index contributed by atoms with van der Waals surface area (Å²) in [6.45, 7) is 7.58. The topological polar surface area (TPSA) is 87.0 Å². The van der Waals surface area contributed by atoms with Crippen molar-refractivity contribution in [3.05, 3.63) is 60.2 Å². The second-order valence-electron chi connectivity index (χ2n) is 7.39. The van der Waals surface area contributed by atoms with E-state index in [1.54, 1.807) is 13.0 Å². The Balaban J connectivity index is 2.19. The van der Waals surface area contributed by atoms with Crippen LogP contribution in [0, 0.1) is 5.92 Å². The summed E-state index contributed by atoms with van der Waals surface area (Å²) in [5.41, 5.74) is 2.16. The number of aliphatic hydroxyl groups excluding tert-OH is 2. The summed E-state index contributed by atoms with van der Waals surface area (Å²) in [6.07, 6.45) is 3.97. The maximum Gasteiger partial charge on any atom is 0.335 e. The molecular weight excluding hydrogens is 380 g/mol. The number of ether oxygens (including phenoxy) is 1. The van der Waals surface area contributed by atoms with E-state index in [0.29, 0.717) is 12.8 Å². The molecule has 2 aromatic rings. The van der Waals surface area contributed by atoms with E-state index in [4.69, 9.17) is 4.74 Å². The van der Waals surface area contributed by atoms with Crippen LogP contribution in [0.1, 0.15) is 45.1 Å². The highest BCUT2D eigenvalue weighted by Crippen LogP contribution is 2.30. The SMILES string of the molecule is C=C[C@H]([C@H](O)CC/C(=C/c1ccc(O)c2ccccc12)CCC)[C@H](O)C(=O)OCC. The molecule has 0 heterocycles. The Bertz CT molecular complexity index is 886. The van der Waals surface area contributed by atoms with Gasteiger partial charge in [-0.3, -0.25) is 0 Å². The van der Waals surface area contributed by atoms with Crippen molar-refractivity contribution in [1.82, 2.24) is 0 Å². The third kappa shape index (κ3) is 5.94. The number of esters is 1. The lowest BCUT2D eigenvalue weighted by Crippen LogP contribution is -2.37. The number of benzene rings is 2. The molecule has 0 amide bonds. The first kappa shape index (κ1) is 23.6.